The smallest absolute Gasteiger partial charge is 0.274 e. The number of aryl methyl sites for hydroxylation is 2. The molecule has 1 fully saturated rings. The Kier molecular flexibility index (Phi) is 3.56. The molecule has 0 spiro atoms. The second-order valence-corrected chi connectivity index (χ2v) is 6.46. The van der Waals surface area contributed by atoms with E-state index < -0.39 is 0 Å². The molecule has 5 heteroatoms. The Morgan fingerprint density at radius 2 is 2.04 bits per heavy atom. The molecule has 0 bridgehead atoms. The summed E-state index contributed by atoms with van der Waals surface area (Å²) in [5.74, 6) is -0.0322. The highest BCUT2D eigenvalue weighted by Gasteiger charge is 2.34. The average Bonchev–Trinajstić information content (AvgIpc) is 3.38. The molecule has 1 aliphatic rings. The first-order valence-corrected chi connectivity index (χ1v) is 8.26. The molecule has 1 aromatic carbocycles. The number of nitrogens with zero attached hydrogens (tertiary/aromatic N) is 4. The van der Waals surface area contributed by atoms with E-state index in [1.165, 1.54) is 10.9 Å². The fourth-order valence-electron chi connectivity index (χ4n) is 3.08. The number of carbonyl (C=O) groups is 1. The topological polar surface area (TPSA) is 51.0 Å². The maximum atomic E-state index is 12.9. The van der Waals surface area contributed by atoms with Crippen LogP contribution in [0.2, 0.25) is 0 Å². The van der Waals surface area contributed by atoms with Crippen molar-refractivity contribution >= 4 is 16.8 Å². The van der Waals surface area contributed by atoms with Crippen molar-refractivity contribution in [2.75, 3.05) is 0 Å². The monoisotopic (exact) mass is 320 g/mol. The highest BCUT2D eigenvalue weighted by molar-refractivity contribution is 5.92. The van der Waals surface area contributed by atoms with Gasteiger partial charge in [-0.2, -0.15) is 0 Å². The molecule has 1 amide bonds. The average molecular weight is 320 g/mol. The minimum atomic E-state index is -0.0322. The van der Waals surface area contributed by atoms with E-state index in [4.69, 9.17) is 0 Å². The number of hydrogen-bond donors (Lipinski definition) is 0. The number of para-hydroxylation sites is 1. The molecule has 0 radical (unpaired) electrons. The largest absolute Gasteiger partial charge is 0.346 e. The zero-order valence-electron chi connectivity index (χ0n) is 13.9. The third-order valence-electron chi connectivity index (χ3n) is 4.63. The standard InChI is InChI=1S/C19H20N4O/c1-13-10-21-17(11-20-13)19(24)23(15-7-8-15)12-16-9-14-5-3-4-6-18(14)22(16)2/h3-6,9-11,15H,7-8,12H2,1-2H3. The Bertz CT molecular complexity index is 893. The minimum Gasteiger partial charge on any atom is -0.346 e. The fraction of sp³-hybridized carbons (Fsp3) is 0.316. The second kappa shape index (κ2) is 5.74. The van der Waals surface area contributed by atoms with Gasteiger partial charge in [0.15, 0.2) is 0 Å². The summed E-state index contributed by atoms with van der Waals surface area (Å²) in [6.45, 7) is 2.47. The molecule has 0 unspecified atom stereocenters. The van der Waals surface area contributed by atoms with Crippen molar-refractivity contribution in [2.24, 2.45) is 7.05 Å². The van der Waals surface area contributed by atoms with Crippen LogP contribution >= 0.6 is 0 Å². The van der Waals surface area contributed by atoms with E-state index in [-0.39, 0.29) is 5.91 Å². The molecule has 0 atom stereocenters. The van der Waals surface area contributed by atoms with Crippen LogP contribution in [0.4, 0.5) is 0 Å². The molecule has 2 aromatic heterocycles. The lowest BCUT2D eigenvalue weighted by molar-refractivity contribution is 0.0720. The highest BCUT2D eigenvalue weighted by atomic mass is 16.2. The number of rotatable bonds is 4. The molecule has 1 saturated carbocycles. The Labute approximate surface area is 140 Å². The molecule has 3 aromatic rings. The molecular weight excluding hydrogens is 300 g/mol. The van der Waals surface area contributed by atoms with E-state index in [2.05, 4.69) is 39.8 Å². The van der Waals surface area contributed by atoms with Gasteiger partial charge in [0.2, 0.25) is 0 Å². The van der Waals surface area contributed by atoms with Crippen molar-refractivity contribution in [1.29, 1.82) is 0 Å². The van der Waals surface area contributed by atoms with Crippen molar-refractivity contribution in [2.45, 2.75) is 32.4 Å². The molecule has 1 aliphatic carbocycles. The molecule has 0 N–H and O–H groups in total. The van der Waals surface area contributed by atoms with Crippen molar-refractivity contribution in [1.82, 2.24) is 19.4 Å². The molecule has 24 heavy (non-hydrogen) atoms. The molecule has 0 saturated heterocycles. The second-order valence-electron chi connectivity index (χ2n) is 6.46. The Hall–Kier alpha value is -2.69. The van der Waals surface area contributed by atoms with Gasteiger partial charge in [-0.15, -0.1) is 0 Å². The summed E-state index contributed by atoms with van der Waals surface area (Å²) < 4.78 is 2.17. The summed E-state index contributed by atoms with van der Waals surface area (Å²) in [5, 5.41) is 1.20. The zero-order chi connectivity index (χ0) is 16.7. The van der Waals surface area contributed by atoms with Gasteiger partial charge >= 0.3 is 0 Å². The predicted molar refractivity (Wildman–Crippen MR) is 92.6 cm³/mol. The van der Waals surface area contributed by atoms with E-state index in [0.717, 1.165) is 24.2 Å². The van der Waals surface area contributed by atoms with Gasteiger partial charge in [-0.05, 0) is 37.3 Å². The fourth-order valence-corrected chi connectivity index (χ4v) is 3.08. The van der Waals surface area contributed by atoms with Gasteiger partial charge in [-0.1, -0.05) is 18.2 Å². The number of aromatic nitrogens is 3. The third kappa shape index (κ3) is 2.66. The zero-order valence-corrected chi connectivity index (χ0v) is 13.9. The van der Waals surface area contributed by atoms with Gasteiger partial charge in [0, 0.05) is 30.5 Å². The molecular formula is C19H20N4O. The van der Waals surface area contributed by atoms with Crippen molar-refractivity contribution in [3.8, 4) is 0 Å². The summed E-state index contributed by atoms with van der Waals surface area (Å²) in [4.78, 5) is 23.3. The molecule has 4 rings (SSSR count). The van der Waals surface area contributed by atoms with Crippen LogP contribution in [-0.2, 0) is 13.6 Å². The lowest BCUT2D eigenvalue weighted by Crippen LogP contribution is -2.33. The van der Waals surface area contributed by atoms with Gasteiger partial charge in [0.05, 0.1) is 18.4 Å². The summed E-state index contributed by atoms with van der Waals surface area (Å²) in [6.07, 6.45) is 5.35. The number of amides is 1. The van der Waals surface area contributed by atoms with Crippen LogP contribution in [0.3, 0.4) is 0 Å². The Balaban J connectivity index is 1.64. The lowest BCUT2D eigenvalue weighted by Gasteiger charge is -2.22. The number of benzene rings is 1. The first kappa shape index (κ1) is 14.9. The first-order chi connectivity index (χ1) is 11.6. The normalized spacial score (nSPS) is 14.1. The van der Waals surface area contributed by atoms with E-state index >= 15 is 0 Å². The minimum absolute atomic E-state index is 0.0322. The third-order valence-corrected chi connectivity index (χ3v) is 4.63. The van der Waals surface area contributed by atoms with Crippen LogP contribution in [0.15, 0.2) is 42.7 Å². The number of hydrogen-bond acceptors (Lipinski definition) is 3. The SMILES string of the molecule is Cc1cnc(C(=O)N(Cc2cc3ccccc3n2C)C2CC2)cn1. The van der Waals surface area contributed by atoms with Crippen LogP contribution in [0.25, 0.3) is 10.9 Å². The molecule has 0 aliphatic heterocycles. The van der Waals surface area contributed by atoms with E-state index in [1.807, 2.05) is 24.0 Å². The molecule has 2 heterocycles. The maximum Gasteiger partial charge on any atom is 0.274 e. The quantitative estimate of drug-likeness (QED) is 0.742. The van der Waals surface area contributed by atoms with E-state index in [1.54, 1.807) is 12.4 Å². The number of fused-ring (bicyclic) bond motifs is 1. The Morgan fingerprint density at radius 1 is 1.25 bits per heavy atom. The predicted octanol–water partition coefficient (Wildman–Crippen LogP) is 3.08. The molecule has 5 nitrogen and oxygen atoms in total. The summed E-state index contributed by atoms with van der Waals surface area (Å²) in [7, 11) is 2.05. The number of carbonyl (C=O) groups excluding carboxylic acids is 1. The van der Waals surface area contributed by atoms with Gasteiger partial charge < -0.3 is 9.47 Å². The van der Waals surface area contributed by atoms with E-state index in [0.29, 0.717) is 18.3 Å². The van der Waals surface area contributed by atoms with Crippen LogP contribution in [0, 0.1) is 6.92 Å². The van der Waals surface area contributed by atoms with Gasteiger partial charge in [0.25, 0.3) is 5.91 Å². The maximum absolute atomic E-state index is 12.9. The summed E-state index contributed by atoms with van der Waals surface area (Å²) >= 11 is 0. The van der Waals surface area contributed by atoms with Gasteiger partial charge in [-0.25, -0.2) is 4.98 Å². The van der Waals surface area contributed by atoms with E-state index in [9.17, 15) is 4.79 Å². The summed E-state index contributed by atoms with van der Waals surface area (Å²) in [6, 6.07) is 10.8. The van der Waals surface area contributed by atoms with Gasteiger partial charge in [0.1, 0.15) is 5.69 Å². The van der Waals surface area contributed by atoms with Crippen LogP contribution < -0.4 is 0 Å². The van der Waals surface area contributed by atoms with Gasteiger partial charge in [-0.3, -0.25) is 9.78 Å². The Morgan fingerprint density at radius 3 is 2.71 bits per heavy atom. The van der Waals surface area contributed by atoms with Crippen LogP contribution in [-0.4, -0.2) is 31.4 Å². The van der Waals surface area contributed by atoms with Crippen molar-refractivity contribution in [3.63, 3.8) is 0 Å². The molecule has 122 valence electrons. The highest BCUT2D eigenvalue weighted by Crippen LogP contribution is 2.30. The summed E-state index contributed by atoms with van der Waals surface area (Å²) in [5.41, 5.74) is 3.56. The lowest BCUT2D eigenvalue weighted by atomic mass is 10.2. The first-order valence-electron chi connectivity index (χ1n) is 8.26. The van der Waals surface area contributed by atoms with Crippen LogP contribution in [0.5, 0.6) is 0 Å². The van der Waals surface area contributed by atoms with Crippen molar-refractivity contribution in [3.05, 3.63) is 59.8 Å². The van der Waals surface area contributed by atoms with Crippen LogP contribution in [0.1, 0.15) is 34.7 Å². The van der Waals surface area contributed by atoms with Crippen molar-refractivity contribution < 1.29 is 4.79 Å².